The highest BCUT2D eigenvalue weighted by atomic mass is 16.3. The van der Waals surface area contributed by atoms with Gasteiger partial charge in [0.25, 0.3) is 5.56 Å². The van der Waals surface area contributed by atoms with E-state index >= 15 is 0 Å². The van der Waals surface area contributed by atoms with E-state index in [2.05, 4.69) is 15.5 Å². The summed E-state index contributed by atoms with van der Waals surface area (Å²) in [5.41, 5.74) is 4.22. The maximum Gasteiger partial charge on any atom is 0.332 e. The number of hydrogen-bond donors (Lipinski definition) is 2. The van der Waals surface area contributed by atoms with Crippen molar-refractivity contribution in [3.05, 3.63) is 50.7 Å². The van der Waals surface area contributed by atoms with Gasteiger partial charge in [-0.05, 0) is 50.6 Å². The number of hydrazone groups is 1. The summed E-state index contributed by atoms with van der Waals surface area (Å²) >= 11 is 0. The molecular formula is C18H22N6O3. The Bertz CT molecular complexity index is 1150. The summed E-state index contributed by atoms with van der Waals surface area (Å²) in [5.74, 6) is 0.550. The highest BCUT2D eigenvalue weighted by Crippen LogP contribution is 2.21. The molecule has 1 aromatic carbocycles. The number of imidazole rings is 1. The monoisotopic (exact) mass is 370 g/mol. The highest BCUT2D eigenvalue weighted by Gasteiger charge is 2.20. The van der Waals surface area contributed by atoms with Crippen LogP contribution < -0.4 is 16.7 Å². The normalized spacial score (nSPS) is 12.1. The van der Waals surface area contributed by atoms with Crippen LogP contribution in [0.4, 0.5) is 5.95 Å². The lowest BCUT2D eigenvalue weighted by molar-refractivity contribution is 0.475. The molecule has 0 spiro atoms. The summed E-state index contributed by atoms with van der Waals surface area (Å²) in [7, 11) is 3.03. The molecule has 9 nitrogen and oxygen atoms in total. The summed E-state index contributed by atoms with van der Waals surface area (Å²) in [5, 5.41) is 13.7. The van der Waals surface area contributed by atoms with Gasteiger partial charge in [-0.2, -0.15) is 10.1 Å². The van der Waals surface area contributed by atoms with E-state index in [1.54, 1.807) is 35.9 Å². The minimum atomic E-state index is -0.434. The minimum absolute atomic E-state index is 0.0770. The van der Waals surface area contributed by atoms with Crippen LogP contribution >= 0.6 is 0 Å². The molecule has 27 heavy (non-hydrogen) atoms. The number of anilines is 1. The summed E-state index contributed by atoms with van der Waals surface area (Å²) in [6, 6.07) is 6.59. The van der Waals surface area contributed by atoms with E-state index in [4.69, 9.17) is 0 Å². The third-order valence-corrected chi connectivity index (χ3v) is 4.42. The van der Waals surface area contributed by atoms with Crippen molar-refractivity contribution in [1.29, 1.82) is 0 Å². The van der Waals surface area contributed by atoms with E-state index in [9.17, 15) is 14.7 Å². The molecule has 0 unspecified atom stereocenters. The van der Waals surface area contributed by atoms with Crippen LogP contribution in [0.2, 0.25) is 0 Å². The van der Waals surface area contributed by atoms with Crippen molar-refractivity contribution < 1.29 is 5.11 Å². The quantitative estimate of drug-likeness (QED) is 0.535. The van der Waals surface area contributed by atoms with Gasteiger partial charge in [-0.1, -0.05) is 0 Å². The van der Waals surface area contributed by atoms with Gasteiger partial charge in [0.05, 0.1) is 5.71 Å². The third-order valence-electron chi connectivity index (χ3n) is 4.42. The molecule has 0 amide bonds. The Labute approximate surface area is 155 Å². The molecule has 2 heterocycles. The van der Waals surface area contributed by atoms with Gasteiger partial charge in [0.2, 0.25) is 5.95 Å². The number of benzene rings is 1. The van der Waals surface area contributed by atoms with E-state index in [-0.39, 0.29) is 11.8 Å². The van der Waals surface area contributed by atoms with Crippen LogP contribution in [0, 0.1) is 0 Å². The summed E-state index contributed by atoms with van der Waals surface area (Å²) < 4.78 is 4.14. The van der Waals surface area contributed by atoms with E-state index in [1.165, 1.54) is 11.6 Å². The van der Waals surface area contributed by atoms with Crippen LogP contribution in [0.25, 0.3) is 11.2 Å². The minimum Gasteiger partial charge on any atom is -0.508 e. The van der Waals surface area contributed by atoms with Crippen LogP contribution in [0.3, 0.4) is 0 Å². The first kappa shape index (κ1) is 18.4. The van der Waals surface area contributed by atoms with E-state index in [0.29, 0.717) is 22.8 Å². The topological polar surface area (TPSA) is 106 Å². The number of phenolic OH excluding ortho intramolecular Hbond substituents is 1. The van der Waals surface area contributed by atoms with Gasteiger partial charge in [0, 0.05) is 20.1 Å². The van der Waals surface area contributed by atoms with Crippen molar-refractivity contribution in [2.75, 3.05) is 5.43 Å². The van der Waals surface area contributed by atoms with Crippen molar-refractivity contribution in [3.8, 4) is 5.75 Å². The standard InChI is InChI=1S/C18H22N6O3/c1-10(2)24-14-15(22(4)18(27)23(5)16(14)26)19-17(24)21-20-11(3)12-6-8-13(25)9-7-12/h6-10,25H,1-5H3,(H,19,21)/b20-11+. The second-order valence-corrected chi connectivity index (χ2v) is 6.63. The lowest BCUT2D eigenvalue weighted by atomic mass is 10.1. The molecule has 0 aliphatic heterocycles. The van der Waals surface area contributed by atoms with Crippen LogP contribution in [0.5, 0.6) is 5.75 Å². The molecule has 2 N–H and O–H groups in total. The molecule has 9 heteroatoms. The molecule has 0 radical (unpaired) electrons. The molecule has 2 aromatic heterocycles. The predicted molar refractivity (Wildman–Crippen MR) is 105 cm³/mol. The molecule has 0 aliphatic rings. The Hall–Kier alpha value is -3.36. The Morgan fingerprint density at radius 3 is 2.37 bits per heavy atom. The number of rotatable bonds is 4. The number of hydrogen-bond acceptors (Lipinski definition) is 6. The number of phenols is 1. The molecule has 0 bridgehead atoms. The lowest BCUT2D eigenvalue weighted by Gasteiger charge is -2.12. The molecule has 3 aromatic rings. The Morgan fingerprint density at radius 1 is 1.15 bits per heavy atom. The van der Waals surface area contributed by atoms with Crippen molar-refractivity contribution in [1.82, 2.24) is 18.7 Å². The third kappa shape index (κ3) is 3.12. The first-order chi connectivity index (χ1) is 12.7. The van der Waals surface area contributed by atoms with Crippen LogP contribution in [-0.4, -0.2) is 29.5 Å². The fourth-order valence-electron chi connectivity index (χ4n) is 2.90. The summed E-state index contributed by atoms with van der Waals surface area (Å²) in [4.78, 5) is 29.2. The van der Waals surface area contributed by atoms with Crippen LogP contribution in [0.15, 0.2) is 39.0 Å². The Kier molecular flexibility index (Phi) is 4.61. The summed E-state index contributed by atoms with van der Waals surface area (Å²) in [6.07, 6.45) is 0. The number of aryl methyl sites for hydroxylation is 1. The Morgan fingerprint density at radius 2 is 1.78 bits per heavy atom. The molecule has 0 saturated heterocycles. The first-order valence-corrected chi connectivity index (χ1v) is 8.50. The number of aromatic nitrogens is 4. The predicted octanol–water partition coefficient (Wildman–Crippen LogP) is 1.56. The largest absolute Gasteiger partial charge is 0.508 e. The average molecular weight is 370 g/mol. The van der Waals surface area contributed by atoms with E-state index in [0.717, 1.165) is 10.1 Å². The number of aromatic hydroxyl groups is 1. The van der Waals surface area contributed by atoms with Gasteiger partial charge in [0.1, 0.15) is 5.75 Å². The molecule has 0 aliphatic carbocycles. The fourth-order valence-corrected chi connectivity index (χ4v) is 2.90. The van der Waals surface area contributed by atoms with Gasteiger partial charge in [-0.3, -0.25) is 13.9 Å². The lowest BCUT2D eigenvalue weighted by Crippen LogP contribution is -2.37. The zero-order valence-corrected chi connectivity index (χ0v) is 15.9. The molecule has 0 fully saturated rings. The molecule has 0 saturated carbocycles. The van der Waals surface area contributed by atoms with Crippen molar-refractivity contribution in [2.24, 2.45) is 19.2 Å². The number of fused-ring (bicyclic) bond motifs is 1. The van der Waals surface area contributed by atoms with Gasteiger partial charge in [-0.15, -0.1) is 0 Å². The van der Waals surface area contributed by atoms with Crippen LogP contribution in [0.1, 0.15) is 32.4 Å². The molecule has 0 atom stereocenters. The van der Waals surface area contributed by atoms with E-state index in [1.807, 2.05) is 20.8 Å². The molecule has 3 rings (SSSR count). The molecular weight excluding hydrogens is 348 g/mol. The smallest absolute Gasteiger partial charge is 0.332 e. The zero-order chi connectivity index (χ0) is 19.9. The summed E-state index contributed by atoms with van der Waals surface area (Å²) in [6.45, 7) is 5.66. The highest BCUT2D eigenvalue weighted by molar-refractivity contribution is 5.99. The number of nitrogens with zero attached hydrogens (tertiary/aromatic N) is 5. The second kappa shape index (κ2) is 6.75. The first-order valence-electron chi connectivity index (χ1n) is 8.50. The van der Waals surface area contributed by atoms with Gasteiger partial charge in [0.15, 0.2) is 11.2 Å². The average Bonchev–Trinajstić information content (AvgIpc) is 3.03. The maximum atomic E-state index is 12.6. The van der Waals surface area contributed by atoms with Gasteiger partial charge in [-0.25, -0.2) is 10.2 Å². The second-order valence-electron chi connectivity index (χ2n) is 6.63. The zero-order valence-electron chi connectivity index (χ0n) is 15.9. The maximum absolute atomic E-state index is 12.6. The van der Waals surface area contributed by atoms with Gasteiger partial charge < -0.3 is 9.67 Å². The Balaban J connectivity index is 2.13. The molecule has 142 valence electrons. The van der Waals surface area contributed by atoms with E-state index < -0.39 is 11.2 Å². The van der Waals surface area contributed by atoms with Crippen molar-refractivity contribution in [3.63, 3.8) is 0 Å². The number of nitrogens with one attached hydrogen (secondary N) is 1. The van der Waals surface area contributed by atoms with Crippen LogP contribution in [-0.2, 0) is 14.1 Å². The van der Waals surface area contributed by atoms with Gasteiger partial charge >= 0.3 is 5.69 Å². The fraction of sp³-hybridized carbons (Fsp3) is 0.333. The SMILES string of the molecule is C/C(=N\Nc1nc2c(c(=O)n(C)c(=O)n2C)n1C(C)C)c1ccc(O)cc1. The van der Waals surface area contributed by atoms with Crippen molar-refractivity contribution in [2.45, 2.75) is 26.8 Å². The van der Waals surface area contributed by atoms with Crippen molar-refractivity contribution >= 4 is 22.8 Å².